The molecule has 156 valence electrons. The Morgan fingerprint density at radius 2 is 1.96 bits per heavy atom. The molecular formula is C22H34N2O4. The van der Waals surface area contributed by atoms with E-state index in [1.807, 2.05) is 26.0 Å². The number of phenolic OH excluding ortho intramolecular Hbond substituents is 1. The largest absolute Gasteiger partial charge is 0.508 e. The average molecular weight is 391 g/mol. The first-order chi connectivity index (χ1) is 13.0. The van der Waals surface area contributed by atoms with Gasteiger partial charge in [-0.2, -0.15) is 0 Å². The van der Waals surface area contributed by atoms with Crippen molar-refractivity contribution in [3.63, 3.8) is 0 Å². The lowest BCUT2D eigenvalue weighted by Gasteiger charge is -2.26. The quantitative estimate of drug-likeness (QED) is 0.775. The monoisotopic (exact) mass is 390 g/mol. The van der Waals surface area contributed by atoms with Crippen molar-refractivity contribution < 1.29 is 19.4 Å². The van der Waals surface area contributed by atoms with E-state index in [1.165, 1.54) is 0 Å². The number of carbonyl (C=O) groups excluding carboxylic acids is 2. The number of aromatic hydroxyl groups is 1. The van der Waals surface area contributed by atoms with Gasteiger partial charge in [-0.25, -0.2) is 4.79 Å². The number of hydrogen-bond acceptors (Lipinski definition) is 5. The molecule has 1 aromatic carbocycles. The average Bonchev–Trinajstić information content (AvgIpc) is 2.73. The summed E-state index contributed by atoms with van der Waals surface area (Å²) in [5.41, 5.74) is 1.68. The molecule has 1 atom stereocenters. The summed E-state index contributed by atoms with van der Waals surface area (Å²) in [5, 5.41) is 12.5. The third-order valence-corrected chi connectivity index (χ3v) is 4.67. The van der Waals surface area contributed by atoms with E-state index in [2.05, 4.69) is 10.2 Å². The fourth-order valence-electron chi connectivity index (χ4n) is 3.47. The van der Waals surface area contributed by atoms with Crippen LogP contribution in [0.15, 0.2) is 18.2 Å². The molecule has 0 spiro atoms. The lowest BCUT2D eigenvalue weighted by molar-refractivity contribution is -0.122. The Morgan fingerprint density at radius 3 is 2.61 bits per heavy atom. The Balaban J connectivity index is 2.03. The third-order valence-electron chi connectivity index (χ3n) is 4.67. The van der Waals surface area contributed by atoms with E-state index >= 15 is 0 Å². The summed E-state index contributed by atoms with van der Waals surface area (Å²) >= 11 is 0. The smallest absolute Gasteiger partial charge is 0.408 e. The van der Waals surface area contributed by atoms with Crippen LogP contribution in [0, 0.1) is 5.92 Å². The number of carbonyl (C=O) groups is 2. The molecule has 1 heterocycles. The summed E-state index contributed by atoms with van der Waals surface area (Å²) in [6, 6.07) is 4.87. The maximum atomic E-state index is 13.0. The molecule has 1 unspecified atom stereocenters. The lowest BCUT2D eigenvalue weighted by Crippen LogP contribution is -2.47. The first kappa shape index (κ1) is 22.2. The van der Waals surface area contributed by atoms with Crippen LogP contribution in [0.1, 0.15) is 58.6 Å². The number of nitrogens with one attached hydrogen (secondary N) is 1. The zero-order valence-electron chi connectivity index (χ0n) is 17.7. The van der Waals surface area contributed by atoms with Crippen molar-refractivity contribution in [1.29, 1.82) is 0 Å². The molecule has 1 aromatic rings. The van der Waals surface area contributed by atoms with Crippen molar-refractivity contribution in [2.75, 3.05) is 13.1 Å². The van der Waals surface area contributed by atoms with Crippen LogP contribution >= 0.6 is 0 Å². The Labute approximate surface area is 168 Å². The highest BCUT2D eigenvalue weighted by Crippen LogP contribution is 2.23. The zero-order valence-corrected chi connectivity index (χ0v) is 17.7. The molecule has 1 amide bonds. The molecule has 0 saturated heterocycles. The molecule has 2 N–H and O–H groups in total. The van der Waals surface area contributed by atoms with Gasteiger partial charge in [0.1, 0.15) is 11.4 Å². The normalized spacial score (nSPS) is 16.2. The van der Waals surface area contributed by atoms with E-state index in [-0.39, 0.29) is 24.0 Å². The highest BCUT2D eigenvalue weighted by Gasteiger charge is 2.27. The molecule has 28 heavy (non-hydrogen) atoms. The molecule has 6 nitrogen and oxygen atoms in total. The second kappa shape index (κ2) is 9.41. The predicted octanol–water partition coefficient (Wildman–Crippen LogP) is 3.65. The topological polar surface area (TPSA) is 78.9 Å². The van der Waals surface area contributed by atoms with Gasteiger partial charge in [-0.15, -0.1) is 0 Å². The van der Waals surface area contributed by atoms with E-state index in [0.717, 1.165) is 30.5 Å². The Morgan fingerprint density at radius 1 is 1.25 bits per heavy atom. The molecule has 0 aliphatic carbocycles. The summed E-state index contributed by atoms with van der Waals surface area (Å²) in [6.07, 6.45) is 1.84. The van der Waals surface area contributed by atoms with Crippen LogP contribution in [0.4, 0.5) is 4.79 Å². The van der Waals surface area contributed by atoms with Crippen LogP contribution in [0.3, 0.4) is 0 Å². The Bertz CT molecular complexity index is 694. The number of ketones is 1. The van der Waals surface area contributed by atoms with Gasteiger partial charge < -0.3 is 15.2 Å². The van der Waals surface area contributed by atoms with Gasteiger partial charge in [-0.3, -0.25) is 9.69 Å². The van der Waals surface area contributed by atoms with Crippen molar-refractivity contribution in [3.05, 3.63) is 29.3 Å². The molecule has 2 rings (SSSR count). The SMILES string of the molecule is CC(C)CC(NC(=O)OC(C)(C)C)C(=O)CN1CCCc2cc(O)ccc2C1. The zero-order chi connectivity index (χ0) is 20.9. The summed E-state index contributed by atoms with van der Waals surface area (Å²) < 4.78 is 5.33. The standard InChI is InChI=1S/C22H34N2O4/c1-15(2)11-19(23-21(27)28-22(3,4)5)20(26)14-24-10-6-7-16-12-18(25)9-8-17(16)13-24/h8-9,12,15,19,25H,6-7,10-11,13-14H2,1-5H3,(H,23,27). The van der Waals surface area contributed by atoms with Crippen LogP contribution < -0.4 is 5.32 Å². The minimum absolute atomic E-state index is 0.00166. The number of ether oxygens (including phenoxy) is 1. The second-order valence-corrected chi connectivity index (χ2v) is 9.06. The van der Waals surface area contributed by atoms with Gasteiger partial charge in [0, 0.05) is 6.54 Å². The van der Waals surface area contributed by atoms with Crippen molar-refractivity contribution in [1.82, 2.24) is 10.2 Å². The van der Waals surface area contributed by atoms with E-state index < -0.39 is 17.7 Å². The number of phenols is 1. The fraction of sp³-hybridized carbons (Fsp3) is 0.636. The second-order valence-electron chi connectivity index (χ2n) is 9.06. The summed E-state index contributed by atoms with van der Waals surface area (Å²) in [6.45, 7) is 11.2. The Kier molecular flexibility index (Phi) is 7.47. The molecule has 0 bridgehead atoms. The molecule has 6 heteroatoms. The van der Waals surface area contributed by atoms with Gasteiger partial charge >= 0.3 is 6.09 Å². The van der Waals surface area contributed by atoms with Gasteiger partial charge in [-0.05, 0) is 75.8 Å². The third kappa shape index (κ3) is 7.15. The number of benzene rings is 1. The number of alkyl carbamates (subject to hydrolysis) is 1. The molecule has 1 aliphatic rings. The maximum absolute atomic E-state index is 13.0. The highest BCUT2D eigenvalue weighted by molar-refractivity contribution is 5.89. The summed E-state index contributed by atoms with van der Waals surface area (Å²) in [4.78, 5) is 27.3. The molecule has 0 aromatic heterocycles. The molecule has 1 aliphatic heterocycles. The van der Waals surface area contributed by atoms with Crippen molar-refractivity contribution in [3.8, 4) is 5.75 Å². The van der Waals surface area contributed by atoms with Crippen LogP contribution in [0.2, 0.25) is 0 Å². The Hall–Kier alpha value is -2.08. The van der Waals surface area contributed by atoms with Crippen molar-refractivity contribution >= 4 is 11.9 Å². The number of nitrogens with zero attached hydrogens (tertiary/aromatic N) is 1. The first-order valence-electron chi connectivity index (χ1n) is 10.1. The highest BCUT2D eigenvalue weighted by atomic mass is 16.6. The predicted molar refractivity (Wildman–Crippen MR) is 109 cm³/mol. The number of hydrogen-bond donors (Lipinski definition) is 2. The van der Waals surface area contributed by atoms with Crippen LogP contribution in [0.5, 0.6) is 5.75 Å². The van der Waals surface area contributed by atoms with Crippen LogP contribution in [0.25, 0.3) is 0 Å². The number of amides is 1. The number of rotatable bonds is 6. The van der Waals surface area contributed by atoms with E-state index in [4.69, 9.17) is 4.74 Å². The van der Waals surface area contributed by atoms with E-state index in [9.17, 15) is 14.7 Å². The molecule has 0 radical (unpaired) electrons. The van der Waals surface area contributed by atoms with Gasteiger partial charge in [-0.1, -0.05) is 19.9 Å². The van der Waals surface area contributed by atoms with Crippen LogP contribution in [-0.2, 0) is 22.5 Å². The van der Waals surface area contributed by atoms with Crippen molar-refractivity contribution in [2.45, 2.75) is 72.1 Å². The van der Waals surface area contributed by atoms with Gasteiger partial charge in [0.25, 0.3) is 0 Å². The van der Waals surface area contributed by atoms with Gasteiger partial charge in [0.05, 0.1) is 12.6 Å². The lowest BCUT2D eigenvalue weighted by atomic mass is 10.00. The summed E-state index contributed by atoms with van der Waals surface area (Å²) in [7, 11) is 0. The fourth-order valence-corrected chi connectivity index (χ4v) is 3.47. The molecule has 0 fully saturated rings. The number of fused-ring (bicyclic) bond motifs is 1. The minimum Gasteiger partial charge on any atom is -0.508 e. The number of aryl methyl sites for hydroxylation is 1. The molecular weight excluding hydrogens is 356 g/mol. The van der Waals surface area contributed by atoms with Gasteiger partial charge in [0.2, 0.25) is 0 Å². The molecule has 0 saturated carbocycles. The van der Waals surface area contributed by atoms with E-state index in [0.29, 0.717) is 13.0 Å². The minimum atomic E-state index is -0.602. The van der Waals surface area contributed by atoms with Gasteiger partial charge in [0.15, 0.2) is 5.78 Å². The van der Waals surface area contributed by atoms with E-state index in [1.54, 1.807) is 26.8 Å². The van der Waals surface area contributed by atoms with Crippen LogP contribution in [-0.4, -0.2) is 46.6 Å². The van der Waals surface area contributed by atoms with Crippen molar-refractivity contribution in [2.24, 2.45) is 5.92 Å². The maximum Gasteiger partial charge on any atom is 0.408 e. The number of Topliss-reactive ketones (excluding diaryl/α,β-unsaturated/α-hetero) is 1. The first-order valence-corrected chi connectivity index (χ1v) is 10.1. The summed E-state index contributed by atoms with van der Waals surface area (Å²) in [5.74, 6) is 0.556.